The van der Waals surface area contributed by atoms with E-state index in [4.69, 9.17) is 19.9 Å². The normalized spacial score (nSPS) is 11.4. The third-order valence-electron chi connectivity index (χ3n) is 8.51. The lowest BCUT2D eigenvalue weighted by Crippen LogP contribution is -2.00. The van der Waals surface area contributed by atoms with Gasteiger partial charge >= 0.3 is 0 Å². The largest absolute Gasteiger partial charge is 0.246 e. The van der Waals surface area contributed by atoms with Gasteiger partial charge in [-0.2, -0.15) is 0 Å². The Morgan fingerprint density at radius 3 is 1.60 bits per heavy atom. The first-order valence-electron chi connectivity index (χ1n) is 15.6. The van der Waals surface area contributed by atoms with Gasteiger partial charge in [-0.05, 0) is 41.0 Å². The molecule has 220 valence electrons. The van der Waals surface area contributed by atoms with Crippen molar-refractivity contribution in [2.75, 3.05) is 0 Å². The second kappa shape index (κ2) is 11.4. The molecular formula is C42H26N4S. The fourth-order valence-corrected chi connectivity index (χ4v) is 7.48. The standard InChI is InChI=1S/C42H26N4S/c1-3-13-27(14-4-1)29-17-11-19-31(25-29)41-44-40(28-15-5-2-6-16-28)45-42(46-41)32-20-12-18-30(26-32)37-33-21-7-9-23-35(33)43-38-34-22-8-10-24-36(34)47-39(37)38/h1-26H. The van der Waals surface area contributed by atoms with E-state index < -0.39 is 0 Å². The van der Waals surface area contributed by atoms with Crippen LogP contribution in [0.25, 0.3) is 87.6 Å². The second-order valence-electron chi connectivity index (χ2n) is 11.5. The van der Waals surface area contributed by atoms with E-state index in [2.05, 4.69) is 121 Å². The molecule has 9 aromatic rings. The Morgan fingerprint density at radius 2 is 0.872 bits per heavy atom. The van der Waals surface area contributed by atoms with E-state index in [0.717, 1.165) is 49.8 Å². The maximum Gasteiger partial charge on any atom is 0.164 e. The molecule has 47 heavy (non-hydrogen) atoms. The molecule has 0 saturated carbocycles. The lowest BCUT2D eigenvalue weighted by atomic mass is 9.98. The van der Waals surface area contributed by atoms with E-state index in [1.54, 1.807) is 11.3 Å². The molecule has 6 aromatic carbocycles. The number of benzene rings is 6. The average molecular weight is 619 g/mol. The van der Waals surface area contributed by atoms with Crippen molar-refractivity contribution in [3.63, 3.8) is 0 Å². The molecule has 0 saturated heterocycles. The highest BCUT2D eigenvalue weighted by Gasteiger charge is 2.18. The number of para-hydroxylation sites is 1. The maximum atomic E-state index is 5.13. The summed E-state index contributed by atoms with van der Waals surface area (Å²) in [6, 6.07) is 54.4. The summed E-state index contributed by atoms with van der Waals surface area (Å²) in [6.45, 7) is 0. The zero-order valence-electron chi connectivity index (χ0n) is 25.2. The first-order chi connectivity index (χ1) is 23.3. The SMILES string of the molecule is c1ccc(-c2cccc(-c3nc(-c4ccccc4)nc(-c4cccc(-c5c6ccccc6nc6c5sc5ccccc56)c4)n3)c2)cc1. The summed E-state index contributed by atoms with van der Waals surface area (Å²) >= 11 is 1.79. The molecule has 0 radical (unpaired) electrons. The van der Waals surface area contributed by atoms with Gasteiger partial charge in [0.05, 0.1) is 15.7 Å². The molecule has 3 aromatic heterocycles. The highest BCUT2D eigenvalue weighted by Crippen LogP contribution is 2.43. The lowest BCUT2D eigenvalue weighted by molar-refractivity contribution is 1.07. The van der Waals surface area contributed by atoms with Crippen molar-refractivity contribution in [3.05, 3.63) is 158 Å². The molecule has 4 nitrogen and oxygen atoms in total. The van der Waals surface area contributed by atoms with E-state index >= 15 is 0 Å². The Bertz CT molecular complexity index is 2580. The molecule has 0 atom stereocenters. The number of fused-ring (bicyclic) bond motifs is 4. The van der Waals surface area contributed by atoms with E-state index in [1.807, 2.05) is 36.4 Å². The van der Waals surface area contributed by atoms with E-state index in [-0.39, 0.29) is 0 Å². The van der Waals surface area contributed by atoms with E-state index in [0.29, 0.717) is 17.5 Å². The fraction of sp³-hybridized carbons (Fsp3) is 0. The van der Waals surface area contributed by atoms with Gasteiger partial charge in [0.25, 0.3) is 0 Å². The van der Waals surface area contributed by atoms with Gasteiger partial charge in [-0.1, -0.05) is 133 Å². The highest BCUT2D eigenvalue weighted by molar-refractivity contribution is 7.26. The van der Waals surface area contributed by atoms with Gasteiger partial charge in [0.1, 0.15) is 0 Å². The summed E-state index contributed by atoms with van der Waals surface area (Å²) in [4.78, 5) is 20.3. The number of hydrogen-bond acceptors (Lipinski definition) is 5. The summed E-state index contributed by atoms with van der Waals surface area (Å²) < 4.78 is 2.41. The summed E-state index contributed by atoms with van der Waals surface area (Å²) in [5.74, 6) is 1.91. The quantitative estimate of drug-likeness (QED) is 0.193. The van der Waals surface area contributed by atoms with Crippen LogP contribution in [0.15, 0.2) is 158 Å². The van der Waals surface area contributed by atoms with Crippen LogP contribution in [0.5, 0.6) is 0 Å². The van der Waals surface area contributed by atoms with E-state index in [1.165, 1.54) is 20.3 Å². The third kappa shape index (κ3) is 4.94. The molecule has 0 unspecified atom stereocenters. The Morgan fingerprint density at radius 1 is 0.362 bits per heavy atom. The summed E-state index contributed by atoms with van der Waals surface area (Å²) in [5.41, 5.74) is 9.39. The van der Waals surface area contributed by atoms with Crippen LogP contribution in [0, 0.1) is 0 Å². The van der Waals surface area contributed by atoms with Gasteiger partial charge in [-0.15, -0.1) is 11.3 Å². The zero-order chi connectivity index (χ0) is 31.2. The predicted octanol–water partition coefficient (Wildman–Crippen LogP) is 11.1. The van der Waals surface area contributed by atoms with Crippen molar-refractivity contribution in [1.29, 1.82) is 0 Å². The molecule has 0 aliphatic carbocycles. The van der Waals surface area contributed by atoms with Crippen molar-refractivity contribution in [2.24, 2.45) is 0 Å². The smallest absolute Gasteiger partial charge is 0.164 e. The van der Waals surface area contributed by atoms with Crippen LogP contribution in [0.2, 0.25) is 0 Å². The molecule has 0 aliphatic rings. The first kappa shape index (κ1) is 27.3. The zero-order valence-corrected chi connectivity index (χ0v) is 26.0. The molecule has 0 spiro atoms. The number of aromatic nitrogens is 4. The fourth-order valence-electron chi connectivity index (χ4n) is 6.26. The number of hydrogen-bond donors (Lipinski definition) is 0. The van der Waals surface area contributed by atoms with E-state index in [9.17, 15) is 0 Å². The monoisotopic (exact) mass is 618 g/mol. The van der Waals surface area contributed by atoms with Crippen LogP contribution < -0.4 is 0 Å². The Labute approximate surface area is 275 Å². The highest BCUT2D eigenvalue weighted by atomic mass is 32.1. The van der Waals surface area contributed by atoms with Crippen LogP contribution in [0.4, 0.5) is 0 Å². The molecule has 0 N–H and O–H groups in total. The minimum atomic E-state index is 0.631. The molecule has 0 aliphatic heterocycles. The van der Waals surface area contributed by atoms with Crippen LogP contribution >= 0.6 is 11.3 Å². The Hall–Kier alpha value is -6.04. The first-order valence-corrected chi connectivity index (χ1v) is 16.4. The summed E-state index contributed by atoms with van der Waals surface area (Å²) in [5, 5.41) is 2.31. The summed E-state index contributed by atoms with van der Waals surface area (Å²) in [7, 11) is 0. The van der Waals surface area contributed by atoms with Crippen molar-refractivity contribution in [3.8, 4) is 56.4 Å². The third-order valence-corrected chi connectivity index (χ3v) is 9.68. The predicted molar refractivity (Wildman–Crippen MR) is 195 cm³/mol. The molecular weight excluding hydrogens is 593 g/mol. The number of thiophene rings is 1. The Kier molecular flexibility index (Phi) is 6.61. The second-order valence-corrected chi connectivity index (χ2v) is 12.5. The van der Waals surface area contributed by atoms with Gasteiger partial charge in [0.15, 0.2) is 17.5 Å². The number of nitrogens with zero attached hydrogens (tertiary/aromatic N) is 4. The van der Waals surface area contributed by atoms with Crippen LogP contribution in [-0.2, 0) is 0 Å². The maximum absolute atomic E-state index is 5.13. The van der Waals surface area contributed by atoms with Crippen molar-refractivity contribution < 1.29 is 0 Å². The summed E-state index contributed by atoms with van der Waals surface area (Å²) in [6.07, 6.45) is 0. The van der Waals surface area contributed by atoms with Gasteiger partial charge < -0.3 is 0 Å². The molecule has 5 heteroatoms. The van der Waals surface area contributed by atoms with Gasteiger partial charge in [-0.3, -0.25) is 0 Å². The van der Waals surface area contributed by atoms with Crippen molar-refractivity contribution >= 4 is 42.5 Å². The average Bonchev–Trinajstić information content (AvgIpc) is 3.52. The van der Waals surface area contributed by atoms with Gasteiger partial charge in [0, 0.05) is 37.7 Å². The minimum Gasteiger partial charge on any atom is -0.246 e. The van der Waals surface area contributed by atoms with Gasteiger partial charge in [0.2, 0.25) is 0 Å². The minimum absolute atomic E-state index is 0.631. The molecule has 0 fully saturated rings. The number of rotatable bonds is 5. The molecule has 0 bridgehead atoms. The topological polar surface area (TPSA) is 51.6 Å². The Balaban J connectivity index is 1.24. The van der Waals surface area contributed by atoms with Crippen LogP contribution in [0.3, 0.4) is 0 Å². The molecule has 3 heterocycles. The lowest BCUT2D eigenvalue weighted by Gasteiger charge is -2.12. The van der Waals surface area contributed by atoms with Crippen LogP contribution in [0.1, 0.15) is 0 Å². The molecule has 9 rings (SSSR count). The van der Waals surface area contributed by atoms with Crippen molar-refractivity contribution in [2.45, 2.75) is 0 Å². The number of pyridine rings is 1. The molecule has 0 amide bonds. The van der Waals surface area contributed by atoms with Crippen LogP contribution in [-0.4, -0.2) is 19.9 Å². The van der Waals surface area contributed by atoms with Crippen molar-refractivity contribution in [1.82, 2.24) is 19.9 Å². The van der Waals surface area contributed by atoms with Gasteiger partial charge in [-0.25, -0.2) is 19.9 Å².